The number of aryl methyl sites for hydroxylation is 1. The number of benzene rings is 1. The van der Waals surface area contributed by atoms with E-state index in [2.05, 4.69) is 31.2 Å². The molecule has 0 N–H and O–H groups in total. The normalized spacial score (nSPS) is 22.2. The van der Waals surface area contributed by atoms with Gasteiger partial charge in [-0.15, -0.1) is 0 Å². The lowest BCUT2D eigenvalue weighted by molar-refractivity contribution is 0.175. The predicted octanol–water partition coefficient (Wildman–Crippen LogP) is 9.93. The van der Waals surface area contributed by atoms with E-state index in [0.717, 1.165) is 5.92 Å². The smallest absolute Gasteiger partial charge is 0.00188 e. The molecule has 0 unspecified atom stereocenters. The van der Waals surface area contributed by atoms with Crippen LogP contribution in [0.25, 0.3) is 0 Å². The van der Waals surface area contributed by atoms with Crippen molar-refractivity contribution < 1.29 is 0 Å². The molecule has 1 aromatic rings. The fraction of sp³-hybridized carbons (Fsp3) is 0.800. The van der Waals surface area contributed by atoms with E-state index in [0.29, 0.717) is 5.41 Å². The molecule has 0 aliphatic heterocycles. The summed E-state index contributed by atoms with van der Waals surface area (Å²) in [5.74, 6) is 0.924. The zero-order valence-electron chi connectivity index (χ0n) is 20.2. The summed E-state index contributed by atoms with van der Waals surface area (Å²) in [7, 11) is 0. The zero-order chi connectivity index (χ0) is 20.9. The second kappa shape index (κ2) is 13.6. The molecule has 0 saturated heterocycles. The Labute approximate surface area is 188 Å². The summed E-state index contributed by atoms with van der Waals surface area (Å²) in [6.45, 7) is 2.31. The van der Waals surface area contributed by atoms with Gasteiger partial charge in [0, 0.05) is 0 Å². The maximum absolute atomic E-state index is 2.58. The van der Waals surface area contributed by atoms with Crippen LogP contribution in [-0.2, 0) is 11.8 Å². The van der Waals surface area contributed by atoms with Crippen molar-refractivity contribution in [1.29, 1.82) is 0 Å². The molecule has 0 amide bonds. The zero-order valence-corrected chi connectivity index (χ0v) is 20.2. The molecule has 3 rings (SSSR count). The van der Waals surface area contributed by atoms with Crippen LogP contribution in [0.4, 0.5) is 0 Å². The second-order valence-electron chi connectivity index (χ2n) is 10.7. The predicted molar refractivity (Wildman–Crippen MR) is 133 cm³/mol. The summed E-state index contributed by atoms with van der Waals surface area (Å²) in [5, 5.41) is 0. The maximum atomic E-state index is 2.58. The molecule has 0 heteroatoms. The Balaban J connectivity index is 1.79. The average Bonchev–Trinajstić information content (AvgIpc) is 2.75. The van der Waals surface area contributed by atoms with Crippen LogP contribution in [0, 0.1) is 5.92 Å². The Morgan fingerprint density at radius 2 is 1.17 bits per heavy atom. The Morgan fingerprint density at radius 1 is 0.633 bits per heavy atom. The van der Waals surface area contributed by atoms with Gasteiger partial charge in [-0.2, -0.15) is 0 Å². The number of rotatable bonds is 7. The SMILES string of the molecule is CCCCCCc1ccc(C2(C3CCCCCCC3)CCCCCCCCC2)cc1. The van der Waals surface area contributed by atoms with E-state index < -0.39 is 0 Å². The highest BCUT2D eigenvalue weighted by Crippen LogP contribution is 2.47. The molecule has 0 spiro atoms. The van der Waals surface area contributed by atoms with Crippen LogP contribution in [0.1, 0.15) is 146 Å². The lowest BCUT2D eigenvalue weighted by Crippen LogP contribution is -2.36. The Hall–Kier alpha value is -0.780. The van der Waals surface area contributed by atoms with Gasteiger partial charge < -0.3 is 0 Å². The highest BCUT2D eigenvalue weighted by Gasteiger charge is 2.39. The standard InChI is InChI=1S/C30H50/c1-2-3-4-13-18-27-21-23-29(24-22-27)30(28-19-14-9-8-10-15-20-28)25-16-11-6-5-7-12-17-26-30/h21-24,28H,2-20,25-26H2,1H3. The van der Waals surface area contributed by atoms with Crippen molar-refractivity contribution in [3.63, 3.8) is 0 Å². The molecule has 2 saturated carbocycles. The van der Waals surface area contributed by atoms with Gasteiger partial charge >= 0.3 is 0 Å². The Kier molecular flexibility index (Phi) is 10.8. The van der Waals surface area contributed by atoms with Gasteiger partial charge in [-0.1, -0.05) is 128 Å². The molecule has 2 aliphatic rings. The highest BCUT2D eigenvalue weighted by molar-refractivity contribution is 5.31. The lowest BCUT2D eigenvalue weighted by atomic mass is 9.61. The number of hydrogen-bond acceptors (Lipinski definition) is 0. The topological polar surface area (TPSA) is 0 Å². The van der Waals surface area contributed by atoms with E-state index in [1.165, 1.54) is 135 Å². The Morgan fingerprint density at radius 3 is 1.73 bits per heavy atom. The minimum atomic E-state index is 0.468. The average molecular weight is 411 g/mol. The van der Waals surface area contributed by atoms with Crippen LogP contribution in [0.3, 0.4) is 0 Å². The first kappa shape index (κ1) is 23.9. The molecule has 2 aliphatic carbocycles. The van der Waals surface area contributed by atoms with E-state index >= 15 is 0 Å². The fourth-order valence-corrected chi connectivity index (χ4v) is 6.59. The molecule has 1 aromatic carbocycles. The molecule has 0 radical (unpaired) electrons. The molecular formula is C30H50. The van der Waals surface area contributed by atoms with Gasteiger partial charge in [0.2, 0.25) is 0 Å². The maximum Gasteiger partial charge on any atom is -0.00188 e. The minimum Gasteiger partial charge on any atom is -0.0654 e. The van der Waals surface area contributed by atoms with E-state index in [-0.39, 0.29) is 0 Å². The van der Waals surface area contributed by atoms with Crippen molar-refractivity contribution in [3.8, 4) is 0 Å². The largest absolute Gasteiger partial charge is 0.0654 e. The first-order valence-corrected chi connectivity index (χ1v) is 13.9. The van der Waals surface area contributed by atoms with E-state index in [4.69, 9.17) is 0 Å². The molecule has 2 fully saturated rings. The fourth-order valence-electron chi connectivity index (χ4n) is 6.59. The minimum absolute atomic E-state index is 0.468. The molecule has 0 heterocycles. The molecular weight excluding hydrogens is 360 g/mol. The van der Waals surface area contributed by atoms with Gasteiger partial charge in [-0.05, 0) is 61.0 Å². The van der Waals surface area contributed by atoms with Gasteiger partial charge in [0.25, 0.3) is 0 Å². The summed E-state index contributed by atoms with van der Waals surface area (Å²) in [4.78, 5) is 0. The molecule has 30 heavy (non-hydrogen) atoms. The van der Waals surface area contributed by atoms with Crippen LogP contribution < -0.4 is 0 Å². The summed E-state index contributed by atoms with van der Waals surface area (Å²) in [5.41, 5.74) is 3.75. The van der Waals surface area contributed by atoms with Crippen LogP contribution in [0.5, 0.6) is 0 Å². The van der Waals surface area contributed by atoms with Crippen LogP contribution >= 0.6 is 0 Å². The molecule has 0 aromatic heterocycles. The third-order valence-corrected chi connectivity index (χ3v) is 8.48. The van der Waals surface area contributed by atoms with Crippen molar-refractivity contribution in [1.82, 2.24) is 0 Å². The van der Waals surface area contributed by atoms with E-state index in [1.807, 2.05) is 0 Å². The summed E-state index contributed by atoms with van der Waals surface area (Å²) in [6.07, 6.45) is 30.3. The first-order valence-electron chi connectivity index (χ1n) is 13.9. The summed E-state index contributed by atoms with van der Waals surface area (Å²) >= 11 is 0. The van der Waals surface area contributed by atoms with Gasteiger partial charge in [0.15, 0.2) is 0 Å². The van der Waals surface area contributed by atoms with E-state index in [1.54, 1.807) is 11.1 Å². The quantitative estimate of drug-likeness (QED) is 0.392. The first-order chi connectivity index (χ1) is 14.8. The second-order valence-corrected chi connectivity index (χ2v) is 10.7. The van der Waals surface area contributed by atoms with Crippen molar-refractivity contribution in [2.45, 2.75) is 147 Å². The van der Waals surface area contributed by atoms with Crippen LogP contribution in [-0.4, -0.2) is 0 Å². The lowest BCUT2D eigenvalue weighted by Gasteiger charge is -2.44. The molecule has 170 valence electrons. The number of unbranched alkanes of at least 4 members (excludes halogenated alkanes) is 3. The molecule has 0 bridgehead atoms. The summed E-state index contributed by atoms with van der Waals surface area (Å²) in [6, 6.07) is 10.2. The van der Waals surface area contributed by atoms with Gasteiger partial charge in [0.05, 0.1) is 0 Å². The highest BCUT2D eigenvalue weighted by atomic mass is 14.4. The van der Waals surface area contributed by atoms with Gasteiger partial charge in [-0.25, -0.2) is 0 Å². The van der Waals surface area contributed by atoms with Crippen molar-refractivity contribution >= 4 is 0 Å². The monoisotopic (exact) mass is 410 g/mol. The van der Waals surface area contributed by atoms with Crippen LogP contribution in [0.2, 0.25) is 0 Å². The van der Waals surface area contributed by atoms with E-state index in [9.17, 15) is 0 Å². The number of hydrogen-bond donors (Lipinski definition) is 0. The summed E-state index contributed by atoms with van der Waals surface area (Å²) < 4.78 is 0. The Bertz CT molecular complexity index is 536. The van der Waals surface area contributed by atoms with Crippen molar-refractivity contribution in [3.05, 3.63) is 35.4 Å². The van der Waals surface area contributed by atoms with Crippen LogP contribution in [0.15, 0.2) is 24.3 Å². The molecule has 0 nitrogen and oxygen atoms in total. The third-order valence-electron chi connectivity index (χ3n) is 8.48. The van der Waals surface area contributed by atoms with Gasteiger partial charge in [0.1, 0.15) is 0 Å². The van der Waals surface area contributed by atoms with Gasteiger partial charge in [-0.3, -0.25) is 0 Å². The van der Waals surface area contributed by atoms with Crippen molar-refractivity contribution in [2.24, 2.45) is 5.92 Å². The molecule has 0 atom stereocenters. The third kappa shape index (κ3) is 7.13. The van der Waals surface area contributed by atoms with Crippen molar-refractivity contribution in [2.75, 3.05) is 0 Å².